The van der Waals surface area contributed by atoms with Gasteiger partial charge in [0.1, 0.15) is 0 Å². The molecule has 1 aliphatic heterocycles. The van der Waals surface area contributed by atoms with E-state index < -0.39 is 0 Å². The Balaban J connectivity index is 1.76. The van der Waals surface area contributed by atoms with Crippen molar-refractivity contribution >= 4 is 11.8 Å². The molecule has 1 unspecified atom stereocenters. The van der Waals surface area contributed by atoms with E-state index in [1.807, 2.05) is 24.0 Å². The maximum atomic E-state index is 4.32. The van der Waals surface area contributed by atoms with Crippen molar-refractivity contribution in [3.05, 3.63) is 30.1 Å². The Kier molecular flexibility index (Phi) is 3.83. The van der Waals surface area contributed by atoms with Crippen LogP contribution in [0.1, 0.15) is 18.5 Å². The lowest BCUT2D eigenvalue weighted by Gasteiger charge is -2.21. The van der Waals surface area contributed by atoms with Crippen molar-refractivity contribution in [1.82, 2.24) is 10.3 Å². The first-order valence-corrected chi connectivity index (χ1v) is 6.22. The van der Waals surface area contributed by atoms with Crippen LogP contribution in [0.4, 0.5) is 0 Å². The van der Waals surface area contributed by atoms with Gasteiger partial charge in [-0.1, -0.05) is 6.07 Å². The van der Waals surface area contributed by atoms with Gasteiger partial charge in [0.05, 0.1) is 5.69 Å². The molecule has 1 aliphatic rings. The van der Waals surface area contributed by atoms with Crippen LogP contribution in [0.2, 0.25) is 0 Å². The Morgan fingerprint density at radius 3 is 3.21 bits per heavy atom. The highest BCUT2D eigenvalue weighted by Crippen LogP contribution is 2.21. The highest BCUT2D eigenvalue weighted by molar-refractivity contribution is 7.99. The van der Waals surface area contributed by atoms with Crippen LogP contribution in [-0.4, -0.2) is 23.3 Å². The summed E-state index contributed by atoms with van der Waals surface area (Å²) < 4.78 is 0. The molecule has 0 radical (unpaired) electrons. The van der Waals surface area contributed by atoms with Crippen molar-refractivity contribution in [1.29, 1.82) is 0 Å². The zero-order chi connectivity index (χ0) is 9.64. The van der Waals surface area contributed by atoms with E-state index in [0.717, 1.165) is 17.5 Å². The summed E-state index contributed by atoms with van der Waals surface area (Å²) in [6.07, 6.45) is 4.54. The molecule has 2 rings (SSSR count). The minimum Gasteiger partial charge on any atom is -0.316 e. The first-order valence-electron chi connectivity index (χ1n) is 5.17. The lowest BCUT2D eigenvalue weighted by Crippen LogP contribution is -2.31. The Bertz CT molecular complexity index is 257. The predicted octanol–water partition coefficient (Wildman–Crippen LogP) is 2.07. The van der Waals surface area contributed by atoms with E-state index in [1.54, 1.807) is 0 Å². The van der Waals surface area contributed by atoms with Crippen molar-refractivity contribution < 1.29 is 0 Å². The van der Waals surface area contributed by atoms with Gasteiger partial charge in [-0.15, -0.1) is 0 Å². The molecule has 1 fully saturated rings. The predicted molar refractivity (Wildman–Crippen MR) is 61.4 cm³/mol. The SMILES string of the molecule is c1ccc(CSC2CCCNC2)nc1. The van der Waals surface area contributed by atoms with Gasteiger partial charge in [-0.25, -0.2) is 0 Å². The van der Waals surface area contributed by atoms with Gasteiger partial charge in [0, 0.05) is 23.7 Å². The minimum absolute atomic E-state index is 0.783. The Morgan fingerprint density at radius 1 is 1.50 bits per heavy atom. The van der Waals surface area contributed by atoms with Crippen molar-refractivity contribution in [3.8, 4) is 0 Å². The van der Waals surface area contributed by atoms with Gasteiger partial charge < -0.3 is 5.32 Å². The van der Waals surface area contributed by atoms with Crippen LogP contribution >= 0.6 is 11.8 Å². The summed E-state index contributed by atoms with van der Waals surface area (Å²) in [4.78, 5) is 4.32. The molecule has 14 heavy (non-hydrogen) atoms. The molecule has 2 nitrogen and oxygen atoms in total. The van der Waals surface area contributed by atoms with Crippen molar-refractivity contribution in [2.45, 2.75) is 23.8 Å². The van der Waals surface area contributed by atoms with Crippen molar-refractivity contribution in [2.24, 2.45) is 0 Å². The number of hydrogen-bond acceptors (Lipinski definition) is 3. The van der Waals surface area contributed by atoms with Gasteiger partial charge in [0.15, 0.2) is 0 Å². The average molecular weight is 208 g/mol. The van der Waals surface area contributed by atoms with Crippen LogP contribution in [0.5, 0.6) is 0 Å². The molecule has 1 saturated heterocycles. The molecule has 2 heterocycles. The second kappa shape index (κ2) is 5.37. The molecule has 0 aromatic carbocycles. The van der Waals surface area contributed by atoms with Crippen LogP contribution in [0.3, 0.4) is 0 Å². The van der Waals surface area contributed by atoms with Crippen LogP contribution in [0.15, 0.2) is 24.4 Å². The highest BCUT2D eigenvalue weighted by Gasteiger charge is 2.12. The third-order valence-corrected chi connectivity index (χ3v) is 3.78. The van der Waals surface area contributed by atoms with E-state index in [2.05, 4.69) is 22.4 Å². The zero-order valence-corrected chi connectivity index (χ0v) is 9.09. The second-order valence-corrected chi connectivity index (χ2v) is 4.89. The van der Waals surface area contributed by atoms with Gasteiger partial charge in [0.2, 0.25) is 0 Å². The molecule has 0 bridgehead atoms. The number of aromatic nitrogens is 1. The van der Waals surface area contributed by atoms with Crippen LogP contribution in [-0.2, 0) is 5.75 Å². The number of nitrogens with zero attached hydrogens (tertiary/aromatic N) is 1. The van der Waals surface area contributed by atoms with E-state index in [0.29, 0.717) is 0 Å². The Morgan fingerprint density at radius 2 is 2.50 bits per heavy atom. The number of pyridine rings is 1. The number of piperidine rings is 1. The third-order valence-electron chi connectivity index (χ3n) is 2.44. The molecule has 1 N–H and O–H groups in total. The molecule has 0 aliphatic carbocycles. The van der Waals surface area contributed by atoms with E-state index >= 15 is 0 Å². The summed E-state index contributed by atoms with van der Waals surface area (Å²) in [5, 5.41) is 4.21. The molecule has 0 amide bonds. The van der Waals surface area contributed by atoms with E-state index in [1.165, 1.54) is 25.1 Å². The van der Waals surface area contributed by atoms with Gasteiger partial charge in [-0.2, -0.15) is 11.8 Å². The standard InChI is InChI=1S/C11H16N2S/c1-2-7-13-10(4-1)9-14-11-5-3-6-12-8-11/h1-2,4,7,11-12H,3,5-6,8-9H2. The molecular weight excluding hydrogens is 192 g/mol. The molecule has 0 spiro atoms. The average Bonchev–Trinajstić information content (AvgIpc) is 2.29. The minimum atomic E-state index is 0.783. The lowest BCUT2D eigenvalue weighted by atomic mass is 10.2. The van der Waals surface area contributed by atoms with E-state index in [9.17, 15) is 0 Å². The number of rotatable bonds is 3. The van der Waals surface area contributed by atoms with Crippen LogP contribution in [0, 0.1) is 0 Å². The van der Waals surface area contributed by atoms with Crippen LogP contribution < -0.4 is 5.32 Å². The van der Waals surface area contributed by atoms with Gasteiger partial charge in [-0.3, -0.25) is 4.98 Å². The smallest absolute Gasteiger partial charge is 0.0502 e. The monoisotopic (exact) mass is 208 g/mol. The quantitative estimate of drug-likeness (QED) is 0.823. The molecule has 76 valence electrons. The molecule has 1 aromatic rings. The zero-order valence-electron chi connectivity index (χ0n) is 8.28. The molecule has 0 saturated carbocycles. The fourth-order valence-electron chi connectivity index (χ4n) is 1.65. The molecule has 3 heteroatoms. The summed E-state index contributed by atoms with van der Waals surface area (Å²) in [6.45, 7) is 2.36. The highest BCUT2D eigenvalue weighted by atomic mass is 32.2. The fraction of sp³-hybridized carbons (Fsp3) is 0.545. The maximum Gasteiger partial charge on any atom is 0.0502 e. The Hall–Kier alpha value is -0.540. The summed E-state index contributed by atoms with van der Waals surface area (Å²) in [5.74, 6) is 1.05. The number of thioether (sulfide) groups is 1. The third kappa shape index (κ3) is 3.00. The van der Waals surface area contributed by atoms with Gasteiger partial charge >= 0.3 is 0 Å². The fourth-order valence-corrected chi connectivity index (χ4v) is 2.80. The van der Waals surface area contributed by atoms with Crippen molar-refractivity contribution in [3.63, 3.8) is 0 Å². The van der Waals surface area contributed by atoms with E-state index in [-0.39, 0.29) is 0 Å². The van der Waals surface area contributed by atoms with Crippen molar-refractivity contribution in [2.75, 3.05) is 13.1 Å². The van der Waals surface area contributed by atoms with E-state index in [4.69, 9.17) is 0 Å². The molecule has 1 aromatic heterocycles. The van der Waals surface area contributed by atoms with Gasteiger partial charge in [-0.05, 0) is 31.5 Å². The second-order valence-electron chi connectivity index (χ2n) is 3.60. The first kappa shape index (κ1) is 9.99. The summed E-state index contributed by atoms with van der Waals surface area (Å²) in [5.41, 5.74) is 1.20. The summed E-state index contributed by atoms with van der Waals surface area (Å²) >= 11 is 2.03. The van der Waals surface area contributed by atoms with Crippen LogP contribution in [0.25, 0.3) is 0 Å². The first-order chi connectivity index (χ1) is 6.95. The molecular formula is C11H16N2S. The van der Waals surface area contributed by atoms with Gasteiger partial charge in [0.25, 0.3) is 0 Å². The largest absolute Gasteiger partial charge is 0.316 e. The topological polar surface area (TPSA) is 24.9 Å². The lowest BCUT2D eigenvalue weighted by molar-refractivity contribution is 0.531. The number of hydrogen-bond donors (Lipinski definition) is 1. The summed E-state index contributed by atoms with van der Waals surface area (Å²) in [6, 6.07) is 6.13. The summed E-state index contributed by atoms with van der Waals surface area (Å²) in [7, 11) is 0. The normalized spacial score (nSPS) is 22.1. The Labute approximate surface area is 89.5 Å². The molecule has 1 atom stereocenters. The maximum absolute atomic E-state index is 4.32. The number of nitrogens with one attached hydrogen (secondary N) is 1.